The Morgan fingerprint density at radius 1 is 0.408 bits per heavy atom. The van der Waals surface area contributed by atoms with Crippen LogP contribution in [-0.4, -0.2) is 102 Å². The van der Waals surface area contributed by atoms with Crippen LogP contribution < -0.4 is 31.8 Å². The normalized spacial score (nSPS) is 18.7. The quantitative estimate of drug-likeness (QED) is 0.0895. The van der Waals surface area contributed by atoms with Gasteiger partial charge in [-0.1, -0.05) is 250 Å². The van der Waals surface area contributed by atoms with E-state index in [9.17, 15) is 0 Å². The van der Waals surface area contributed by atoms with Crippen molar-refractivity contribution in [1.29, 1.82) is 0 Å². The molecule has 6 nitrogen and oxygen atoms in total. The topological polar surface area (TPSA) is 25.4 Å². The number of likely N-dealkylation sites (tertiary alicyclic amines) is 2. The third-order valence-electron chi connectivity index (χ3n) is 15.0. The van der Waals surface area contributed by atoms with Gasteiger partial charge in [0.2, 0.25) is 0 Å². The lowest BCUT2D eigenvalue weighted by Gasteiger charge is -2.37. The number of hydrogen-bond donors (Lipinski definition) is 0. The summed E-state index contributed by atoms with van der Waals surface area (Å²) in [6, 6.07) is 89.7. The second kappa shape index (κ2) is 29.5. The molecule has 394 valence electrons. The first-order valence-corrected chi connectivity index (χ1v) is 30.8. The Morgan fingerprint density at radius 3 is 1.12 bits per heavy atom. The molecule has 3 saturated heterocycles. The monoisotopic (exact) mass is 1060 g/mol. The van der Waals surface area contributed by atoms with E-state index in [1.807, 2.05) is 0 Å². The van der Waals surface area contributed by atoms with Gasteiger partial charge in [-0.15, -0.1) is 0 Å². The second-order valence-electron chi connectivity index (χ2n) is 19.9. The Hall–Kier alpha value is -5.19. The summed E-state index contributed by atoms with van der Waals surface area (Å²) in [4.78, 5) is 5.24. The summed E-state index contributed by atoms with van der Waals surface area (Å²) >= 11 is 0. The van der Waals surface area contributed by atoms with Crippen LogP contribution in [0.15, 0.2) is 243 Å². The maximum atomic E-state index is 5.57. The maximum Gasteiger partial charge on any atom is 0.0626 e. The first-order valence-electron chi connectivity index (χ1n) is 26.9. The summed E-state index contributed by atoms with van der Waals surface area (Å²) in [5.74, 6) is 0. The van der Waals surface area contributed by atoms with E-state index < -0.39 is 24.2 Å². The van der Waals surface area contributed by atoms with E-state index in [2.05, 4.69) is 295 Å². The van der Waals surface area contributed by atoms with Gasteiger partial charge in [-0.05, 0) is 90.3 Å². The Labute approximate surface area is 460 Å². The number of nitrogens with zero attached hydrogens (tertiary/aromatic N) is 5. The Morgan fingerprint density at radius 2 is 0.750 bits per heavy atom. The molecule has 0 saturated carbocycles. The molecule has 0 bridgehead atoms. The summed E-state index contributed by atoms with van der Waals surface area (Å²) in [6.07, 6.45) is 3.60. The van der Waals surface area contributed by atoms with Crippen molar-refractivity contribution in [2.45, 2.75) is 70.9 Å². The molecule has 3 aliphatic heterocycles. The van der Waals surface area contributed by atoms with Crippen LogP contribution in [0.4, 0.5) is 0 Å². The van der Waals surface area contributed by atoms with Crippen LogP contribution in [0.1, 0.15) is 44.7 Å². The molecule has 0 aromatic heterocycles. The highest BCUT2D eigenvalue weighted by Gasteiger charge is 2.37. The molecular formula is C67H80N5OP3. The smallest absolute Gasteiger partial charge is 0.0626 e. The fourth-order valence-electron chi connectivity index (χ4n) is 10.9. The van der Waals surface area contributed by atoms with Crippen molar-refractivity contribution < 1.29 is 4.74 Å². The SMILES string of the molecule is C.CN(C1CCN(Cc2ccccc2)C1)P(c1ccccc1)c1ccccc1.CN(C1CCOC1)P(c1ccccc1)c1ccccc1.C[C@@H]1C(N(C)P(c2ccccc2)c2ccccc2)CCN1Cc1ccccc1. The standard InChI is InChI=1S/C25H29N2P.C24H27N2P.C17H20NOP.CH4/c1-21-25(18-19-27(21)20-22-12-6-3-7-13-22)26(2)28(23-14-8-4-9-15-23)24-16-10-5-11-17-24;1-25(22-17-18-26(20-22)19-21-11-5-2-6-12-21)27(23-13-7-3-8-14-23)24-15-9-4-10-16-24;1-18(15-12-13-19-14-15)20(16-8-4-2-5-9-16)17-10-6-3-7-11-17;/h3-17,21,25H,18-20H2,1-2H3;2-16,22H,17-20H2,1H3;2-11,15H,12-14H2,1H3;1H4/t21-,25?;;;/m1.../s1. The van der Waals surface area contributed by atoms with Crippen molar-refractivity contribution in [3.8, 4) is 0 Å². The van der Waals surface area contributed by atoms with Gasteiger partial charge in [0, 0.05) is 87.7 Å². The predicted octanol–water partition coefficient (Wildman–Crippen LogP) is 12.3. The molecule has 0 spiro atoms. The van der Waals surface area contributed by atoms with Crippen molar-refractivity contribution in [1.82, 2.24) is 23.8 Å². The number of ether oxygens (including phenoxy) is 1. The van der Waals surface area contributed by atoms with Gasteiger partial charge in [-0.25, -0.2) is 0 Å². The second-order valence-corrected chi connectivity index (χ2v) is 26.8. The minimum Gasteiger partial charge on any atom is -0.380 e. The Kier molecular flexibility index (Phi) is 22.1. The van der Waals surface area contributed by atoms with Gasteiger partial charge < -0.3 is 4.74 Å². The Bertz CT molecular complexity index is 2700. The number of hydrogen-bond acceptors (Lipinski definition) is 6. The molecule has 3 heterocycles. The van der Waals surface area contributed by atoms with Gasteiger partial charge in [0.15, 0.2) is 0 Å². The minimum atomic E-state index is -0.521. The molecule has 11 rings (SSSR count). The predicted molar refractivity (Wildman–Crippen MR) is 331 cm³/mol. The van der Waals surface area contributed by atoms with E-state index in [0.717, 1.165) is 45.8 Å². The zero-order valence-electron chi connectivity index (χ0n) is 44.5. The third kappa shape index (κ3) is 15.3. The van der Waals surface area contributed by atoms with E-state index >= 15 is 0 Å². The summed E-state index contributed by atoms with van der Waals surface area (Å²) < 4.78 is 13.4. The zero-order chi connectivity index (χ0) is 51.6. The van der Waals surface area contributed by atoms with Crippen LogP contribution in [-0.2, 0) is 17.8 Å². The first-order chi connectivity index (χ1) is 36.9. The molecule has 0 N–H and O–H groups in total. The molecule has 3 fully saturated rings. The van der Waals surface area contributed by atoms with Crippen molar-refractivity contribution in [2.75, 3.05) is 54.0 Å². The molecule has 0 radical (unpaired) electrons. The molecule has 8 aromatic carbocycles. The van der Waals surface area contributed by atoms with Gasteiger partial charge in [0.1, 0.15) is 0 Å². The van der Waals surface area contributed by atoms with E-state index in [1.54, 1.807) is 0 Å². The van der Waals surface area contributed by atoms with Crippen molar-refractivity contribution >= 4 is 56.0 Å². The van der Waals surface area contributed by atoms with Crippen LogP contribution in [0.25, 0.3) is 0 Å². The summed E-state index contributed by atoms with van der Waals surface area (Å²) in [5.41, 5.74) is 2.82. The van der Waals surface area contributed by atoms with Crippen molar-refractivity contribution in [2.24, 2.45) is 0 Å². The van der Waals surface area contributed by atoms with Gasteiger partial charge in [0.25, 0.3) is 0 Å². The van der Waals surface area contributed by atoms with Gasteiger partial charge in [-0.2, -0.15) is 0 Å². The van der Waals surface area contributed by atoms with Crippen LogP contribution in [0.2, 0.25) is 0 Å². The molecule has 3 unspecified atom stereocenters. The molecule has 0 amide bonds. The largest absolute Gasteiger partial charge is 0.380 e. The van der Waals surface area contributed by atoms with E-state index in [-0.39, 0.29) is 7.43 Å². The lowest BCUT2D eigenvalue weighted by Crippen LogP contribution is -2.41. The van der Waals surface area contributed by atoms with Crippen LogP contribution in [0, 0.1) is 0 Å². The van der Waals surface area contributed by atoms with Gasteiger partial charge in [0.05, 0.1) is 6.61 Å². The maximum absolute atomic E-state index is 5.57. The lowest BCUT2D eigenvalue weighted by molar-refractivity contribution is 0.182. The van der Waals surface area contributed by atoms with Crippen LogP contribution in [0.5, 0.6) is 0 Å². The lowest BCUT2D eigenvalue weighted by atomic mass is 10.1. The van der Waals surface area contributed by atoms with E-state index in [4.69, 9.17) is 4.74 Å². The van der Waals surface area contributed by atoms with Crippen molar-refractivity contribution in [3.63, 3.8) is 0 Å². The summed E-state index contributed by atoms with van der Waals surface area (Å²) in [5, 5.41) is 8.54. The van der Waals surface area contributed by atoms with E-state index in [0.29, 0.717) is 24.2 Å². The van der Waals surface area contributed by atoms with Gasteiger partial charge in [-0.3, -0.25) is 23.8 Å². The summed E-state index contributed by atoms with van der Waals surface area (Å²) in [6.45, 7) is 9.73. The number of likely N-dealkylation sites (N-methyl/N-ethyl adjacent to an activating group) is 3. The summed E-state index contributed by atoms with van der Waals surface area (Å²) in [7, 11) is 5.41. The fourth-order valence-corrected chi connectivity index (χ4v) is 18.3. The first kappa shape index (κ1) is 57.0. The molecule has 4 atom stereocenters. The molecule has 76 heavy (non-hydrogen) atoms. The van der Waals surface area contributed by atoms with Crippen molar-refractivity contribution in [3.05, 3.63) is 254 Å². The number of benzene rings is 8. The average Bonchev–Trinajstić information content (AvgIpc) is 4.27. The molecular weight excluding hydrogens is 984 g/mol. The minimum absolute atomic E-state index is 0. The van der Waals surface area contributed by atoms with Crippen LogP contribution in [0.3, 0.4) is 0 Å². The Balaban J connectivity index is 0.000000152. The average molecular weight is 1060 g/mol. The molecule has 8 aromatic rings. The number of rotatable bonds is 16. The molecule has 9 heteroatoms. The highest BCUT2D eigenvalue weighted by atomic mass is 31.1. The fraction of sp³-hybridized carbons (Fsp3) is 0.284. The highest BCUT2D eigenvalue weighted by Crippen LogP contribution is 2.44. The zero-order valence-corrected chi connectivity index (χ0v) is 47.1. The molecule has 3 aliphatic rings. The molecule has 0 aliphatic carbocycles. The third-order valence-corrected chi connectivity index (χ3v) is 22.5. The van der Waals surface area contributed by atoms with Crippen LogP contribution >= 0.6 is 24.2 Å². The van der Waals surface area contributed by atoms with E-state index in [1.165, 1.54) is 62.3 Å². The highest BCUT2D eigenvalue weighted by molar-refractivity contribution is 7.71. The van der Waals surface area contributed by atoms with Gasteiger partial charge >= 0.3 is 0 Å².